The summed E-state index contributed by atoms with van der Waals surface area (Å²) in [5, 5.41) is 136. The summed E-state index contributed by atoms with van der Waals surface area (Å²) in [6.07, 6.45) is 38.0. The fourth-order valence-electron chi connectivity index (χ4n) is 14.5. The second kappa shape index (κ2) is 60.0. The van der Waals surface area contributed by atoms with Crippen LogP contribution in [0.2, 0.25) is 0 Å². The first-order chi connectivity index (χ1) is 50.4. The number of aliphatic hydroxyl groups excluding tert-OH is 11. The molecule has 3 saturated heterocycles. The molecule has 14 N–H and O–H groups in total. The van der Waals surface area contributed by atoms with Gasteiger partial charge in [-0.25, -0.2) is 4.79 Å². The van der Waals surface area contributed by atoms with E-state index in [2.05, 4.69) is 36.6 Å². The fraction of sp³-hybridized carbons (Fsp3) is 0.914. The number of amides is 2. The van der Waals surface area contributed by atoms with Crippen LogP contribution in [0.25, 0.3) is 0 Å². The van der Waals surface area contributed by atoms with Gasteiger partial charge in [0.1, 0.15) is 67.1 Å². The van der Waals surface area contributed by atoms with Crippen molar-refractivity contribution in [2.24, 2.45) is 0 Å². The highest BCUT2D eigenvalue weighted by Gasteiger charge is 2.60. The first-order valence-corrected chi connectivity index (χ1v) is 41.7. The van der Waals surface area contributed by atoms with Gasteiger partial charge < -0.3 is 100 Å². The third-order valence-electron chi connectivity index (χ3n) is 21.1. The minimum atomic E-state index is -3.08. The van der Waals surface area contributed by atoms with Gasteiger partial charge in [-0.2, -0.15) is 0 Å². The van der Waals surface area contributed by atoms with E-state index >= 15 is 0 Å². The van der Waals surface area contributed by atoms with Crippen molar-refractivity contribution in [2.75, 3.05) is 26.4 Å². The predicted octanol–water partition coefficient (Wildman–Crippen LogP) is 11.5. The van der Waals surface area contributed by atoms with Crippen molar-refractivity contribution in [1.29, 1.82) is 0 Å². The van der Waals surface area contributed by atoms with Gasteiger partial charge in [0, 0.05) is 19.8 Å². The molecule has 0 bridgehead atoms. The summed E-state index contributed by atoms with van der Waals surface area (Å²) in [6.45, 7) is 2.19. The third kappa shape index (κ3) is 39.7. The number of hydrogen-bond acceptors (Lipinski definition) is 20. The van der Waals surface area contributed by atoms with Gasteiger partial charge in [-0.05, 0) is 44.9 Å². The molecule has 0 aliphatic carbocycles. The van der Waals surface area contributed by atoms with Crippen LogP contribution < -0.4 is 10.6 Å². The average Bonchev–Trinajstić information content (AvgIpc) is 0.755. The highest BCUT2D eigenvalue weighted by molar-refractivity contribution is 5.77. The largest absolute Gasteiger partial charge is 0.477 e. The number of nitrogens with one attached hydrogen (secondary N) is 2. The molecular weight excluding hydrogens is 1340 g/mol. The van der Waals surface area contributed by atoms with Gasteiger partial charge in [0.2, 0.25) is 11.8 Å². The number of allylic oxidation sites excluding steroid dienone is 3. The molecule has 18 atom stereocenters. The van der Waals surface area contributed by atoms with Crippen molar-refractivity contribution in [3.8, 4) is 0 Å². The third-order valence-corrected chi connectivity index (χ3v) is 21.1. The van der Waals surface area contributed by atoms with Crippen LogP contribution in [-0.4, -0.2) is 215 Å². The van der Waals surface area contributed by atoms with Gasteiger partial charge in [0.15, 0.2) is 12.6 Å². The van der Waals surface area contributed by atoms with Crippen molar-refractivity contribution in [3.05, 3.63) is 24.3 Å². The molecule has 3 heterocycles. The van der Waals surface area contributed by atoms with E-state index in [4.69, 9.17) is 28.4 Å². The molecule has 3 fully saturated rings. The molecule has 18 unspecified atom stereocenters. The van der Waals surface area contributed by atoms with Crippen LogP contribution in [0.3, 0.4) is 0 Å². The molecule has 0 radical (unpaired) electrons. The molecular formula is C81H150N2O21. The highest BCUT2D eigenvalue weighted by Crippen LogP contribution is 2.39. The van der Waals surface area contributed by atoms with Gasteiger partial charge in [-0.1, -0.05) is 295 Å². The van der Waals surface area contributed by atoms with Crippen LogP contribution >= 0.6 is 0 Å². The van der Waals surface area contributed by atoms with Gasteiger partial charge in [0.25, 0.3) is 5.79 Å². The zero-order valence-electron chi connectivity index (χ0n) is 64.6. The zero-order valence-corrected chi connectivity index (χ0v) is 64.6. The average molecular weight is 1490 g/mol. The van der Waals surface area contributed by atoms with Gasteiger partial charge in [-0.15, -0.1) is 0 Å². The molecule has 3 rings (SSSR count). The van der Waals surface area contributed by atoms with Crippen molar-refractivity contribution < 1.29 is 104 Å². The SMILES string of the molecule is CCCCCCCCCCCCCC/C=C\CCCCCCCCCCCCCCCCCCCC(=O)NC(COC1OC(CO)C(OC2OC(CO)C(O)C(OC3(C(=O)O)CC(O)C(NC(C)=O)C(C(O)C(O)CO)O3)C2O)C(O)C1O)C(O)/C=C/CCCCCCCCCCCCCCCCC. The number of aliphatic hydroxyl groups is 11. The molecule has 0 spiro atoms. The van der Waals surface area contributed by atoms with E-state index in [1.165, 1.54) is 244 Å². The Labute approximate surface area is 625 Å². The normalized spacial score (nSPS) is 26.5. The summed E-state index contributed by atoms with van der Waals surface area (Å²) < 4.78 is 34.9. The fourth-order valence-corrected chi connectivity index (χ4v) is 14.5. The standard InChI is InChI=1S/C81H150N2O21/c1-4-6-8-10-12-14-16-18-20-22-23-24-25-26-27-28-29-30-31-32-33-34-35-36-37-39-41-43-45-47-49-51-53-55-68(91)83-62(63(88)54-52-50-48-46-44-42-40-38-21-19-17-15-13-11-9-7-5-2)60-99-78-73(95)72(94)75(67(59-86)101-78)102-79-74(96)77(71(93)66(58-85)100-79)104-81(80(97)98)56-64(89)69(82-61(3)87)76(103-81)70(92)65(90)57-84/h26-27,52,54,62-67,69-79,84-86,88-90,92-96H,4-25,28-51,53,55-60H2,1-3H3,(H,82,87)(H,83,91)(H,97,98)/b27-26-,54-52+. The molecule has 0 saturated carbocycles. The second-order valence-corrected chi connectivity index (χ2v) is 30.3. The molecule has 23 heteroatoms. The molecule has 3 aliphatic rings. The molecule has 3 aliphatic heterocycles. The van der Waals surface area contributed by atoms with E-state index in [-0.39, 0.29) is 12.3 Å². The highest BCUT2D eigenvalue weighted by atomic mass is 16.8. The molecule has 0 aromatic heterocycles. The van der Waals surface area contributed by atoms with E-state index in [1.807, 2.05) is 6.08 Å². The lowest BCUT2D eigenvalue weighted by Gasteiger charge is -2.50. The van der Waals surface area contributed by atoms with E-state index in [0.717, 1.165) is 51.9 Å². The van der Waals surface area contributed by atoms with Crippen LogP contribution in [0, 0.1) is 0 Å². The Hall–Kier alpha value is -2.79. The number of carboxylic acids is 1. The second-order valence-electron chi connectivity index (χ2n) is 30.3. The Morgan fingerprint density at radius 2 is 0.904 bits per heavy atom. The molecule has 23 nitrogen and oxygen atoms in total. The molecule has 0 aromatic rings. The summed E-state index contributed by atoms with van der Waals surface area (Å²) >= 11 is 0. The lowest BCUT2D eigenvalue weighted by molar-refractivity contribution is -0.386. The van der Waals surface area contributed by atoms with E-state index in [0.29, 0.717) is 12.8 Å². The summed E-state index contributed by atoms with van der Waals surface area (Å²) in [5.41, 5.74) is 0. The molecule has 610 valence electrons. The van der Waals surface area contributed by atoms with Crippen LogP contribution in [0.5, 0.6) is 0 Å². The number of aliphatic carboxylic acids is 1. The lowest BCUT2D eigenvalue weighted by Crippen LogP contribution is -2.70. The monoisotopic (exact) mass is 1490 g/mol. The van der Waals surface area contributed by atoms with Crippen molar-refractivity contribution >= 4 is 17.8 Å². The maximum absolute atomic E-state index is 13.5. The topological polar surface area (TPSA) is 373 Å². The number of ether oxygens (including phenoxy) is 6. The first kappa shape index (κ1) is 95.4. The van der Waals surface area contributed by atoms with E-state index in [9.17, 15) is 75.7 Å². The summed E-state index contributed by atoms with van der Waals surface area (Å²) in [5.74, 6) is -6.13. The lowest BCUT2D eigenvalue weighted by atomic mass is 9.88. The number of hydrogen-bond donors (Lipinski definition) is 14. The number of carbonyl (C=O) groups is 3. The minimum Gasteiger partial charge on any atom is -0.477 e. The molecule has 0 aromatic carbocycles. The predicted molar refractivity (Wildman–Crippen MR) is 403 cm³/mol. The number of rotatable bonds is 66. The first-order valence-electron chi connectivity index (χ1n) is 41.7. The van der Waals surface area contributed by atoms with Gasteiger partial charge in [0.05, 0.1) is 50.7 Å². The van der Waals surface area contributed by atoms with Crippen LogP contribution in [0.15, 0.2) is 24.3 Å². The van der Waals surface area contributed by atoms with Crippen LogP contribution in [0.1, 0.15) is 335 Å². The molecule has 104 heavy (non-hydrogen) atoms. The zero-order chi connectivity index (χ0) is 76.0. The van der Waals surface area contributed by atoms with E-state index in [1.54, 1.807) is 6.08 Å². The Morgan fingerprint density at radius 1 is 0.500 bits per heavy atom. The quantitative estimate of drug-likeness (QED) is 0.0199. The number of carboxylic acid groups (broad SMARTS) is 1. The maximum atomic E-state index is 13.5. The van der Waals surface area contributed by atoms with Crippen molar-refractivity contribution in [3.63, 3.8) is 0 Å². The Morgan fingerprint density at radius 3 is 1.31 bits per heavy atom. The van der Waals surface area contributed by atoms with Crippen LogP contribution in [-0.2, 0) is 42.8 Å². The number of carbonyl (C=O) groups excluding carboxylic acids is 2. The Balaban J connectivity index is 1.46. The Bertz CT molecular complexity index is 2170. The van der Waals surface area contributed by atoms with Crippen molar-refractivity contribution in [1.82, 2.24) is 10.6 Å². The number of unbranched alkanes of at least 4 members (excludes halogenated alkanes) is 44. The van der Waals surface area contributed by atoms with E-state index < -0.39 is 155 Å². The summed E-state index contributed by atoms with van der Waals surface area (Å²) in [6, 6.07) is -2.62. The summed E-state index contributed by atoms with van der Waals surface area (Å²) in [7, 11) is 0. The van der Waals surface area contributed by atoms with Gasteiger partial charge in [-0.3, -0.25) is 9.59 Å². The van der Waals surface area contributed by atoms with Gasteiger partial charge >= 0.3 is 5.97 Å². The molecule has 2 amide bonds. The smallest absolute Gasteiger partial charge is 0.364 e. The Kier molecular flexibility index (Phi) is 55.0. The van der Waals surface area contributed by atoms with Crippen LogP contribution in [0.4, 0.5) is 0 Å². The minimum absolute atomic E-state index is 0.203. The summed E-state index contributed by atoms with van der Waals surface area (Å²) in [4.78, 5) is 38.7. The maximum Gasteiger partial charge on any atom is 0.364 e. The van der Waals surface area contributed by atoms with Crippen molar-refractivity contribution in [2.45, 2.75) is 445 Å².